The van der Waals surface area contributed by atoms with E-state index in [1.165, 1.54) is 6.07 Å². The van der Waals surface area contributed by atoms with Crippen molar-refractivity contribution in [2.75, 3.05) is 19.1 Å². The maximum atomic E-state index is 10.6. The second-order valence-corrected chi connectivity index (χ2v) is 2.66. The Morgan fingerprint density at radius 3 is 3.00 bits per heavy atom. The maximum absolute atomic E-state index is 10.6. The van der Waals surface area contributed by atoms with Gasteiger partial charge in [0.25, 0.3) is 5.56 Å². The molecule has 1 N–H and O–H groups in total. The molecule has 0 saturated heterocycles. The Balaban J connectivity index is 2.20. The molecule has 0 bridgehead atoms. The molecular formula is C7H11ClN2O2. The Labute approximate surface area is 75.1 Å². The summed E-state index contributed by atoms with van der Waals surface area (Å²) in [5.74, 6) is 0.502. The van der Waals surface area contributed by atoms with Crippen LogP contribution < -0.4 is 5.56 Å². The van der Waals surface area contributed by atoms with Crippen molar-refractivity contribution < 1.29 is 4.74 Å². The first kappa shape index (κ1) is 9.35. The highest BCUT2D eigenvalue weighted by atomic mass is 35.5. The van der Waals surface area contributed by atoms with Gasteiger partial charge in [-0.05, 0) is 0 Å². The van der Waals surface area contributed by atoms with Crippen LogP contribution in [0.1, 0.15) is 0 Å². The van der Waals surface area contributed by atoms with Crippen LogP contribution in [0.15, 0.2) is 17.1 Å². The first-order valence-corrected chi connectivity index (χ1v) is 4.25. The van der Waals surface area contributed by atoms with E-state index >= 15 is 0 Å². The summed E-state index contributed by atoms with van der Waals surface area (Å²) in [6, 6.07) is 1.47. The molecule has 0 aromatic carbocycles. The minimum atomic E-state index is -0.0904. The van der Waals surface area contributed by atoms with Crippen molar-refractivity contribution >= 4 is 11.6 Å². The van der Waals surface area contributed by atoms with Gasteiger partial charge in [-0.2, -0.15) is 0 Å². The summed E-state index contributed by atoms with van der Waals surface area (Å²) in [5.41, 5.74) is -0.0904. The molecule has 0 aliphatic rings. The lowest BCUT2D eigenvalue weighted by molar-refractivity contribution is 0.138. The number of nitrogens with zero attached hydrogens (tertiary/aromatic N) is 1. The molecule has 5 heteroatoms. The number of H-pyrrole nitrogens is 1. The molecule has 0 radical (unpaired) electrons. The van der Waals surface area contributed by atoms with Gasteiger partial charge in [0.15, 0.2) is 0 Å². The SMILES string of the molecule is O=c1ccn(CCOCCCl)[nH]1. The Hall–Kier alpha value is -0.740. The van der Waals surface area contributed by atoms with Crippen LogP contribution in [0.3, 0.4) is 0 Å². The second kappa shape index (κ2) is 5.00. The molecule has 0 amide bonds. The fourth-order valence-corrected chi connectivity index (χ4v) is 0.933. The molecule has 1 aromatic rings. The summed E-state index contributed by atoms with van der Waals surface area (Å²) < 4.78 is 6.80. The Morgan fingerprint density at radius 1 is 1.58 bits per heavy atom. The quantitative estimate of drug-likeness (QED) is 0.541. The van der Waals surface area contributed by atoms with Gasteiger partial charge >= 0.3 is 0 Å². The summed E-state index contributed by atoms with van der Waals surface area (Å²) in [7, 11) is 0. The van der Waals surface area contributed by atoms with Crippen LogP contribution in [0.4, 0.5) is 0 Å². The monoisotopic (exact) mass is 190 g/mol. The van der Waals surface area contributed by atoms with E-state index in [9.17, 15) is 4.79 Å². The molecule has 1 rings (SSSR count). The van der Waals surface area contributed by atoms with Crippen molar-refractivity contribution in [1.82, 2.24) is 9.78 Å². The average Bonchev–Trinajstić information content (AvgIpc) is 2.45. The van der Waals surface area contributed by atoms with E-state index in [0.717, 1.165) is 0 Å². The molecule has 68 valence electrons. The number of rotatable bonds is 5. The van der Waals surface area contributed by atoms with Crippen LogP contribution in [0.2, 0.25) is 0 Å². The number of nitrogens with one attached hydrogen (secondary N) is 1. The molecule has 0 saturated carbocycles. The lowest BCUT2D eigenvalue weighted by atomic mass is 10.6. The van der Waals surface area contributed by atoms with Crippen molar-refractivity contribution in [3.05, 3.63) is 22.6 Å². The van der Waals surface area contributed by atoms with E-state index in [2.05, 4.69) is 5.10 Å². The van der Waals surface area contributed by atoms with E-state index in [1.54, 1.807) is 10.9 Å². The summed E-state index contributed by atoms with van der Waals surface area (Å²) >= 11 is 5.40. The fourth-order valence-electron chi connectivity index (χ4n) is 0.824. The zero-order valence-corrected chi connectivity index (χ0v) is 7.38. The van der Waals surface area contributed by atoms with Crippen molar-refractivity contribution in [2.24, 2.45) is 0 Å². The summed E-state index contributed by atoms with van der Waals surface area (Å²) in [4.78, 5) is 10.6. The Kier molecular flexibility index (Phi) is 3.90. The summed E-state index contributed by atoms with van der Waals surface area (Å²) in [6.45, 7) is 1.77. The predicted molar refractivity (Wildman–Crippen MR) is 46.6 cm³/mol. The number of ether oxygens (including phenoxy) is 1. The highest BCUT2D eigenvalue weighted by molar-refractivity contribution is 6.17. The normalized spacial score (nSPS) is 10.4. The zero-order valence-electron chi connectivity index (χ0n) is 6.62. The number of aromatic nitrogens is 2. The van der Waals surface area contributed by atoms with Gasteiger partial charge in [-0.15, -0.1) is 11.6 Å². The third kappa shape index (κ3) is 3.11. The molecule has 4 nitrogen and oxygen atoms in total. The predicted octanol–water partition coefficient (Wildman–Crippen LogP) is 0.432. The maximum Gasteiger partial charge on any atom is 0.264 e. The summed E-state index contributed by atoms with van der Waals surface area (Å²) in [5, 5.41) is 2.60. The van der Waals surface area contributed by atoms with Crippen LogP contribution in [-0.2, 0) is 11.3 Å². The smallest absolute Gasteiger partial charge is 0.264 e. The van der Waals surface area contributed by atoms with Gasteiger partial charge in [0, 0.05) is 18.1 Å². The topological polar surface area (TPSA) is 47.0 Å². The molecule has 1 heterocycles. The van der Waals surface area contributed by atoms with Crippen LogP contribution in [0.5, 0.6) is 0 Å². The van der Waals surface area contributed by atoms with Crippen molar-refractivity contribution in [1.29, 1.82) is 0 Å². The van der Waals surface area contributed by atoms with Gasteiger partial charge in [0.2, 0.25) is 0 Å². The zero-order chi connectivity index (χ0) is 8.81. The molecule has 0 spiro atoms. The first-order valence-electron chi connectivity index (χ1n) is 3.72. The molecule has 1 aromatic heterocycles. The minimum Gasteiger partial charge on any atom is -0.378 e. The molecular weight excluding hydrogens is 180 g/mol. The van der Waals surface area contributed by atoms with E-state index in [4.69, 9.17) is 16.3 Å². The molecule has 0 aliphatic carbocycles. The van der Waals surface area contributed by atoms with Gasteiger partial charge in [-0.1, -0.05) is 0 Å². The molecule has 0 unspecified atom stereocenters. The van der Waals surface area contributed by atoms with Crippen LogP contribution in [-0.4, -0.2) is 28.9 Å². The van der Waals surface area contributed by atoms with Crippen molar-refractivity contribution in [3.63, 3.8) is 0 Å². The number of hydrogen-bond donors (Lipinski definition) is 1. The molecule has 12 heavy (non-hydrogen) atoms. The number of aromatic amines is 1. The van der Waals surface area contributed by atoms with E-state index < -0.39 is 0 Å². The minimum absolute atomic E-state index is 0.0904. The van der Waals surface area contributed by atoms with Crippen LogP contribution >= 0.6 is 11.6 Å². The first-order chi connectivity index (χ1) is 5.83. The van der Waals surface area contributed by atoms with Gasteiger partial charge in [-0.3, -0.25) is 14.6 Å². The number of halogens is 1. The Bertz CT molecular complexity index is 268. The van der Waals surface area contributed by atoms with Crippen molar-refractivity contribution in [2.45, 2.75) is 6.54 Å². The van der Waals surface area contributed by atoms with Gasteiger partial charge in [-0.25, -0.2) is 0 Å². The number of hydrogen-bond acceptors (Lipinski definition) is 2. The van der Waals surface area contributed by atoms with Crippen LogP contribution in [0, 0.1) is 0 Å². The highest BCUT2D eigenvalue weighted by Gasteiger charge is 1.91. The lowest BCUT2D eigenvalue weighted by Gasteiger charge is -2.02. The molecule has 0 fully saturated rings. The van der Waals surface area contributed by atoms with E-state index in [-0.39, 0.29) is 5.56 Å². The lowest BCUT2D eigenvalue weighted by Crippen LogP contribution is -2.10. The van der Waals surface area contributed by atoms with Gasteiger partial charge in [0.05, 0.1) is 19.8 Å². The largest absolute Gasteiger partial charge is 0.378 e. The number of alkyl halides is 1. The van der Waals surface area contributed by atoms with E-state index in [1.807, 2.05) is 0 Å². The molecule has 0 atom stereocenters. The van der Waals surface area contributed by atoms with Gasteiger partial charge in [0.1, 0.15) is 0 Å². The van der Waals surface area contributed by atoms with Crippen LogP contribution in [0.25, 0.3) is 0 Å². The summed E-state index contributed by atoms with van der Waals surface area (Å²) in [6.07, 6.45) is 1.69. The van der Waals surface area contributed by atoms with Gasteiger partial charge < -0.3 is 4.74 Å². The standard InChI is InChI=1S/C7H11ClN2O2/c8-2-5-12-6-4-10-3-1-7(11)9-10/h1,3H,2,4-6H2,(H,9,11). The second-order valence-electron chi connectivity index (χ2n) is 2.29. The average molecular weight is 191 g/mol. The Morgan fingerprint density at radius 2 is 2.42 bits per heavy atom. The molecule has 0 aliphatic heterocycles. The highest BCUT2D eigenvalue weighted by Crippen LogP contribution is 1.83. The third-order valence-electron chi connectivity index (χ3n) is 1.36. The van der Waals surface area contributed by atoms with Crippen molar-refractivity contribution in [3.8, 4) is 0 Å². The third-order valence-corrected chi connectivity index (χ3v) is 1.51. The fraction of sp³-hybridized carbons (Fsp3) is 0.571. The van der Waals surface area contributed by atoms with E-state index in [0.29, 0.717) is 25.6 Å².